The summed E-state index contributed by atoms with van der Waals surface area (Å²) in [5, 5.41) is 1.16. The van der Waals surface area contributed by atoms with Gasteiger partial charge in [-0.25, -0.2) is 9.97 Å². The molecule has 27 heavy (non-hydrogen) atoms. The predicted octanol–water partition coefficient (Wildman–Crippen LogP) is 3.90. The minimum absolute atomic E-state index is 0.279. The van der Waals surface area contributed by atoms with Crippen LogP contribution in [0.3, 0.4) is 0 Å². The fourth-order valence-electron chi connectivity index (χ4n) is 4.67. The van der Waals surface area contributed by atoms with E-state index in [2.05, 4.69) is 56.9 Å². The van der Waals surface area contributed by atoms with Crippen LogP contribution in [0.5, 0.6) is 5.75 Å². The van der Waals surface area contributed by atoms with Crippen LogP contribution in [0.2, 0.25) is 0 Å². The Bertz CT molecular complexity index is 980. The van der Waals surface area contributed by atoms with E-state index in [1.165, 1.54) is 11.1 Å². The second kappa shape index (κ2) is 6.64. The van der Waals surface area contributed by atoms with Crippen LogP contribution < -0.4 is 4.74 Å². The van der Waals surface area contributed by atoms with Crippen LogP contribution >= 0.6 is 0 Å². The van der Waals surface area contributed by atoms with Crippen molar-refractivity contribution in [2.24, 2.45) is 0 Å². The Balaban J connectivity index is 1.35. The molecular formula is C22H26N4O. The van der Waals surface area contributed by atoms with Gasteiger partial charge >= 0.3 is 0 Å². The second-order valence-electron chi connectivity index (χ2n) is 8.01. The first-order valence-electron chi connectivity index (χ1n) is 9.93. The first-order valence-corrected chi connectivity index (χ1v) is 9.93. The highest BCUT2D eigenvalue weighted by Crippen LogP contribution is 2.37. The fraction of sp³-hybridized carbons (Fsp3) is 0.455. The van der Waals surface area contributed by atoms with Gasteiger partial charge in [-0.2, -0.15) is 0 Å². The monoisotopic (exact) mass is 362 g/mol. The van der Waals surface area contributed by atoms with E-state index in [0.717, 1.165) is 61.2 Å². The third kappa shape index (κ3) is 3.00. The molecule has 0 spiro atoms. The van der Waals surface area contributed by atoms with Crippen molar-refractivity contribution in [2.45, 2.75) is 51.3 Å². The Kier molecular flexibility index (Phi) is 4.12. The molecule has 0 radical (unpaired) electrons. The fourth-order valence-corrected chi connectivity index (χ4v) is 4.67. The van der Waals surface area contributed by atoms with Crippen molar-refractivity contribution in [3.63, 3.8) is 0 Å². The first-order chi connectivity index (χ1) is 13.2. The summed E-state index contributed by atoms with van der Waals surface area (Å²) in [5.74, 6) is 1.10. The zero-order chi connectivity index (χ0) is 18.4. The van der Waals surface area contributed by atoms with E-state index in [1.807, 2.05) is 6.92 Å². The van der Waals surface area contributed by atoms with E-state index < -0.39 is 0 Å². The standard InChI is InChI=1S/C22H26N4O/c1-15-19-9-11-26(22(19)24-14-23-15)17-6-7-18(12-17)27-21-5-3-4-16-13-25(2)10-8-20(16)21/h3-5,9,11,14,17-18H,6-8,10,12-13H2,1-2H3. The van der Waals surface area contributed by atoms with Gasteiger partial charge in [-0.15, -0.1) is 0 Å². The minimum Gasteiger partial charge on any atom is -0.490 e. The van der Waals surface area contributed by atoms with Gasteiger partial charge < -0.3 is 14.2 Å². The number of rotatable bonds is 3. The average molecular weight is 362 g/mol. The third-order valence-electron chi connectivity index (χ3n) is 6.17. The van der Waals surface area contributed by atoms with Gasteiger partial charge in [0.1, 0.15) is 23.8 Å². The number of aryl methyl sites for hydroxylation is 1. The van der Waals surface area contributed by atoms with Crippen LogP contribution in [-0.4, -0.2) is 39.1 Å². The number of aromatic nitrogens is 3. The maximum atomic E-state index is 6.51. The van der Waals surface area contributed by atoms with Crippen molar-refractivity contribution in [3.8, 4) is 5.75 Å². The van der Waals surface area contributed by atoms with Crippen LogP contribution in [0, 0.1) is 6.92 Å². The normalized spacial score (nSPS) is 22.9. The third-order valence-corrected chi connectivity index (χ3v) is 6.17. The first kappa shape index (κ1) is 16.8. The van der Waals surface area contributed by atoms with E-state index >= 15 is 0 Å². The number of ether oxygens (including phenoxy) is 1. The maximum Gasteiger partial charge on any atom is 0.143 e. The molecule has 1 fully saturated rings. The summed E-state index contributed by atoms with van der Waals surface area (Å²) < 4.78 is 8.83. The zero-order valence-corrected chi connectivity index (χ0v) is 16.1. The Morgan fingerprint density at radius 1 is 1.15 bits per heavy atom. The van der Waals surface area contributed by atoms with Crippen LogP contribution in [0.4, 0.5) is 0 Å². The summed E-state index contributed by atoms with van der Waals surface area (Å²) >= 11 is 0. The lowest BCUT2D eigenvalue weighted by Gasteiger charge is -2.27. The number of fused-ring (bicyclic) bond motifs is 2. The van der Waals surface area contributed by atoms with Crippen molar-refractivity contribution in [1.82, 2.24) is 19.4 Å². The topological polar surface area (TPSA) is 43.2 Å². The van der Waals surface area contributed by atoms with Crippen LogP contribution in [0.25, 0.3) is 11.0 Å². The smallest absolute Gasteiger partial charge is 0.143 e. The molecule has 3 heterocycles. The summed E-state index contributed by atoms with van der Waals surface area (Å²) in [5.41, 5.74) is 4.92. The zero-order valence-electron chi connectivity index (χ0n) is 16.1. The molecule has 5 heteroatoms. The molecule has 2 aromatic heterocycles. The predicted molar refractivity (Wildman–Crippen MR) is 106 cm³/mol. The van der Waals surface area contributed by atoms with Crippen molar-refractivity contribution < 1.29 is 4.74 Å². The highest BCUT2D eigenvalue weighted by atomic mass is 16.5. The molecule has 0 N–H and O–H groups in total. The molecule has 2 unspecified atom stereocenters. The number of benzene rings is 1. The van der Waals surface area contributed by atoms with E-state index in [1.54, 1.807) is 6.33 Å². The van der Waals surface area contributed by atoms with Gasteiger partial charge in [0.2, 0.25) is 0 Å². The van der Waals surface area contributed by atoms with Gasteiger partial charge in [-0.05, 0) is 56.5 Å². The molecule has 5 rings (SSSR count). The van der Waals surface area contributed by atoms with E-state index in [-0.39, 0.29) is 6.10 Å². The summed E-state index contributed by atoms with van der Waals surface area (Å²) in [7, 11) is 2.19. The summed E-state index contributed by atoms with van der Waals surface area (Å²) in [6.45, 7) is 4.17. The Morgan fingerprint density at radius 2 is 2.07 bits per heavy atom. The Morgan fingerprint density at radius 3 is 3.00 bits per heavy atom. The lowest BCUT2D eigenvalue weighted by atomic mass is 9.99. The molecule has 0 amide bonds. The highest BCUT2D eigenvalue weighted by molar-refractivity contribution is 5.78. The largest absolute Gasteiger partial charge is 0.490 e. The molecule has 3 aromatic rings. The quantitative estimate of drug-likeness (QED) is 0.709. The molecular weight excluding hydrogens is 336 g/mol. The molecule has 5 nitrogen and oxygen atoms in total. The summed E-state index contributed by atoms with van der Waals surface area (Å²) in [4.78, 5) is 11.2. The molecule has 1 aromatic carbocycles. The molecule has 2 aliphatic rings. The van der Waals surface area contributed by atoms with Crippen molar-refractivity contribution >= 4 is 11.0 Å². The SMILES string of the molecule is Cc1ncnc2c1ccn2C1CCC(Oc2cccc3c2CCN(C)C3)C1. The molecule has 1 saturated carbocycles. The molecule has 140 valence electrons. The maximum absolute atomic E-state index is 6.51. The Labute approximate surface area is 160 Å². The van der Waals surface area contributed by atoms with Crippen molar-refractivity contribution in [1.29, 1.82) is 0 Å². The van der Waals surface area contributed by atoms with Gasteiger partial charge in [-0.3, -0.25) is 0 Å². The van der Waals surface area contributed by atoms with Crippen LogP contribution in [0.1, 0.15) is 42.1 Å². The van der Waals surface area contributed by atoms with E-state index in [0.29, 0.717) is 6.04 Å². The van der Waals surface area contributed by atoms with E-state index in [9.17, 15) is 0 Å². The lowest BCUT2D eigenvalue weighted by Crippen LogP contribution is -2.27. The highest BCUT2D eigenvalue weighted by Gasteiger charge is 2.29. The second-order valence-corrected chi connectivity index (χ2v) is 8.01. The summed E-state index contributed by atoms with van der Waals surface area (Å²) in [6, 6.07) is 9.12. The van der Waals surface area contributed by atoms with Gasteiger partial charge in [0.15, 0.2) is 0 Å². The number of hydrogen-bond donors (Lipinski definition) is 0. The van der Waals surface area contributed by atoms with Crippen LogP contribution in [0.15, 0.2) is 36.8 Å². The average Bonchev–Trinajstić information content (AvgIpc) is 3.29. The van der Waals surface area contributed by atoms with Gasteiger partial charge in [-0.1, -0.05) is 12.1 Å². The Hall–Kier alpha value is -2.40. The van der Waals surface area contributed by atoms with Crippen LogP contribution in [-0.2, 0) is 13.0 Å². The molecule has 0 saturated heterocycles. The van der Waals surface area contributed by atoms with Gasteiger partial charge in [0.25, 0.3) is 0 Å². The molecule has 1 aliphatic heterocycles. The van der Waals surface area contributed by atoms with Crippen molar-refractivity contribution in [2.75, 3.05) is 13.6 Å². The van der Waals surface area contributed by atoms with E-state index in [4.69, 9.17) is 4.74 Å². The summed E-state index contributed by atoms with van der Waals surface area (Å²) in [6.07, 6.45) is 8.46. The van der Waals surface area contributed by atoms with Crippen molar-refractivity contribution in [3.05, 3.63) is 53.6 Å². The number of likely N-dealkylation sites (N-methyl/N-ethyl adjacent to an activating group) is 1. The minimum atomic E-state index is 0.279. The molecule has 0 bridgehead atoms. The lowest BCUT2D eigenvalue weighted by molar-refractivity contribution is 0.199. The molecule has 1 aliphatic carbocycles. The van der Waals surface area contributed by atoms with Gasteiger partial charge in [0, 0.05) is 37.1 Å². The number of nitrogens with zero attached hydrogens (tertiary/aromatic N) is 4. The molecule has 2 atom stereocenters. The van der Waals surface area contributed by atoms with Gasteiger partial charge in [0.05, 0.1) is 5.69 Å². The number of hydrogen-bond acceptors (Lipinski definition) is 4.